The van der Waals surface area contributed by atoms with Crippen LogP contribution in [0.1, 0.15) is 20.8 Å². The molecule has 0 aliphatic rings. The SMILES string of the molecule is CC[P+](CC)(CC)CC(P(=O)(O)O)P(=O)(O)O. The van der Waals surface area contributed by atoms with E-state index in [4.69, 9.17) is 19.6 Å². The average Bonchev–Trinajstić information content (AvgIpc) is 2.17. The standard InChI is InChI=1S/C8H21O6P3/c1-4-15(5-2,6-3)7-8(16(9,10)11)17(12,13)14/h8H,4-7H2,1-3H3,(H3-,9,10,11,12,13,14)/p+1. The number of hydrogen-bond acceptors (Lipinski definition) is 2. The third-order valence-corrected chi connectivity index (χ3v) is 12.8. The van der Waals surface area contributed by atoms with E-state index in [-0.39, 0.29) is 6.16 Å². The highest BCUT2D eigenvalue weighted by molar-refractivity contribution is 7.79. The predicted octanol–water partition coefficient (Wildman–Crippen LogP) is 1.75. The lowest BCUT2D eigenvalue weighted by Gasteiger charge is -2.28. The van der Waals surface area contributed by atoms with Crippen LogP contribution in [0.3, 0.4) is 0 Å². The summed E-state index contributed by atoms with van der Waals surface area (Å²) in [5.74, 6) is 0. The molecule has 17 heavy (non-hydrogen) atoms. The van der Waals surface area contributed by atoms with Gasteiger partial charge in [0.15, 0.2) is 5.40 Å². The zero-order chi connectivity index (χ0) is 13.9. The van der Waals surface area contributed by atoms with Crippen molar-refractivity contribution in [2.75, 3.05) is 24.6 Å². The van der Waals surface area contributed by atoms with Gasteiger partial charge in [0.05, 0.1) is 24.6 Å². The highest BCUT2D eigenvalue weighted by Gasteiger charge is 2.50. The van der Waals surface area contributed by atoms with Gasteiger partial charge >= 0.3 is 15.2 Å². The van der Waals surface area contributed by atoms with Crippen LogP contribution in [0.4, 0.5) is 0 Å². The minimum atomic E-state index is -4.77. The highest BCUT2D eigenvalue weighted by atomic mass is 31.2. The number of hydrogen-bond donors (Lipinski definition) is 4. The smallest absolute Gasteiger partial charge is 0.324 e. The molecule has 0 heterocycles. The van der Waals surface area contributed by atoms with Crippen LogP contribution in [0.15, 0.2) is 0 Å². The molecule has 0 aromatic rings. The first-order valence-corrected chi connectivity index (χ1v) is 11.4. The summed E-state index contributed by atoms with van der Waals surface area (Å²) in [6.07, 6.45) is 2.20. The largest absolute Gasteiger partial charge is 0.344 e. The minimum Gasteiger partial charge on any atom is -0.324 e. The molecule has 0 aromatic heterocycles. The molecular weight excluding hydrogens is 285 g/mol. The summed E-state index contributed by atoms with van der Waals surface area (Å²) in [7, 11) is -11.2. The fourth-order valence-electron chi connectivity index (χ4n) is 1.81. The van der Waals surface area contributed by atoms with Crippen molar-refractivity contribution in [1.82, 2.24) is 0 Å². The van der Waals surface area contributed by atoms with Crippen LogP contribution in [0.5, 0.6) is 0 Å². The van der Waals surface area contributed by atoms with Gasteiger partial charge in [0.2, 0.25) is 0 Å². The molecule has 0 saturated heterocycles. The molecule has 0 rings (SSSR count). The second kappa shape index (κ2) is 6.25. The normalized spacial score (nSPS) is 14.4. The molecule has 9 heteroatoms. The molecule has 0 bridgehead atoms. The Balaban J connectivity index is 5.27. The molecule has 0 fully saturated rings. The summed E-state index contributed by atoms with van der Waals surface area (Å²) < 4.78 is 22.4. The van der Waals surface area contributed by atoms with E-state index in [9.17, 15) is 9.13 Å². The zero-order valence-corrected chi connectivity index (χ0v) is 13.0. The first-order valence-electron chi connectivity index (χ1n) is 5.48. The van der Waals surface area contributed by atoms with E-state index in [1.165, 1.54) is 0 Å². The van der Waals surface area contributed by atoms with Crippen LogP contribution in [0.2, 0.25) is 0 Å². The van der Waals surface area contributed by atoms with Crippen molar-refractivity contribution in [3.8, 4) is 0 Å². The fourth-order valence-corrected chi connectivity index (χ4v) is 9.97. The van der Waals surface area contributed by atoms with E-state index in [0.29, 0.717) is 0 Å². The Morgan fingerprint density at radius 1 is 0.882 bits per heavy atom. The summed E-state index contributed by atoms with van der Waals surface area (Å²) >= 11 is 0. The van der Waals surface area contributed by atoms with Crippen molar-refractivity contribution in [3.05, 3.63) is 0 Å². The van der Waals surface area contributed by atoms with E-state index in [1.54, 1.807) is 0 Å². The molecule has 0 spiro atoms. The molecule has 104 valence electrons. The first-order chi connectivity index (χ1) is 7.52. The number of rotatable bonds is 7. The van der Waals surface area contributed by atoms with Gasteiger partial charge < -0.3 is 19.6 Å². The summed E-state index contributed by atoms with van der Waals surface area (Å²) in [5.41, 5.74) is 0. The lowest BCUT2D eigenvalue weighted by atomic mass is 10.9. The second-order valence-corrected chi connectivity index (χ2v) is 13.1. The van der Waals surface area contributed by atoms with Gasteiger partial charge in [-0.25, -0.2) is 0 Å². The predicted molar refractivity (Wildman–Crippen MR) is 71.3 cm³/mol. The monoisotopic (exact) mass is 307 g/mol. The third kappa shape index (κ3) is 5.08. The molecule has 0 aliphatic carbocycles. The van der Waals surface area contributed by atoms with Gasteiger partial charge in [-0.05, 0) is 20.8 Å². The third-order valence-electron chi connectivity index (χ3n) is 3.34. The van der Waals surface area contributed by atoms with Gasteiger partial charge in [-0.3, -0.25) is 9.13 Å². The van der Waals surface area contributed by atoms with E-state index in [0.717, 1.165) is 18.5 Å². The van der Waals surface area contributed by atoms with Crippen LogP contribution in [-0.2, 0) is 9.13 Å². The van der Waals surface area contributed by atoms with E-state index in [1.807, 2.05) is 20.8 Å². The topological polar surface area (TPSA) is 115 Å². The first kappa shape index (κ1) is 17.7. The van der Waals surface area contributed by atoms with Crippen LogP contribution < -0.4 is 0 Å². The molecule has 0 aromatic carbocycles. The fraction of sp³-hybridized carbons (Fsp3) is 1.00. The van der Waals surface area contributed by atoms with Crippen molar-refractivity contribution >= 4 is 22.5 Å². The molecule has 6 nitrogen and oxygen atoms in total. The molecule has 0 amide bonds. The maximum absolute atomic E-state index is 11.2. The van der Waals surface area contributed by atoms with Crippen LogP contribution >= 0.6 is 22.5 Å². The molecule has 0 saturated carbocycles. The summed E-state index contributed by atoms with van der Waals surface area (Å²) in [4.78, 5) is 36.4. The minimum absolute atomic E-state index is 0.0367. The van der Waals surface area contributed by atoms with E-state index >= 15 is 0 Å². The Bertz CT molecular complexity index is 298. The van der Waals surface area contributed by atoms with Gasteiger partial charge in [-0.1, -0.05) is 0 Å². The maximum atomic E-state index is 11.2. The molecule has 0 atom stereocenters. The zero-order valence-electron chi connectivity index (χ0n) is 10.4. The lowest BCUT2D eigenvalue weighted by Crippen LogP contribution is -2.20. The van der Waals surface area contributed by atoms with Gasteiger partial charge in [0.1, 0.15) is 0 Å². The Kier molecular flexibility index (Phi) is 6.52. The summed E-state index contributed by atoms with van der Waals surface area (Å²) in [6.45, 7) is 5.74. The second-order valence-electron chi connectivity index (χ2n) is 4.13. The molecule has 0 radical (unpaired) electrons. The van der Waals surface area contributed by atoms with Crippen molar-refractivity contribution in [2.45, 2.75) is 26.2 Å². The quantitative estimate of drug-likeness (QED) is 0.533. The van der Waals surface area contributed by atoms with Crippen molar-refractivity contribution in [2.24, 2.45) is 0 Å². The van der Waals surface area contributed by atoms with Crippen LogP contribution in [0, 0.1) is 0 Å². The summed E-state index contributed by atoms with van der Waals surface area (Å²) in [5, 5.41) is -1.83. The maximum Gasteiger partial charge on any atom is 0.344 e. The van der Waals surface area contributed by atoms with Gasteiger partial charge in [-0.2, -0.15) is 0 Å². The Hall–Kier alpha value is 0.730. The molecule has 0 aliphatic heterocycles. The lowest BCUT2D eigenvalue weighted by molar-refractivity contribution is 0.342. The van der Waals surface area contributed by atoms with E-state index in [2.05, 4.69) is 0 Å². The van der Waals surface area contributed by atoms with Crippen molar-refractivity contribution < 1.29 is 28.7 Å². The Labute approximate surface area is 102 Å². The van der Waals surface area contributed by atoms with Crippen LogP contribution in [0.25, 0.3) is 0 Å². The van der Waals surface area contributed by atoms with Gasteiger partial charge in [0.25, 0.3) is 0 Å². The molecular formula is C8H22O6P3+. The van der Waals surface area contributed by atoms with Crippen LogP contribution in [-0.4, -0.2) is 49.6 Å². The Morgan fingerprint density at radius 2 is 1.18 bits per heavy atom. The average molecular weight is 307 g/mol. The molecule has 0 unspecified atom stereocenters. The highest BCUT2D eigenvalue weighted by Crippen LogP contribution is 2.69. The van der Waals surface area contributed by atoms with Gasteiger partial charge in [-0.15, -0.1) is 0 Å². The Morgan fingerprint density at radius 3 is 1.35 bits per heavy atom. The summed E-state index contributed by atoms with van der Waals surface area (Å²) in [6, 6.07) is 0. The van der Waals surface area contributed by atoms with E-state index < -0.39 is 27.9 Å². The van der Waals surface area contributed by atoms with Crippen molar-refractivity contribution in [1.29, 1.82) is 0 Å². The van der Waals surface area contributed by atoms with Crippen molar-refractivity contribution in [3.63, 3.8) is 0 Å². The molecule has 4 N–H and O–H groups in total. The van der Waals surface area contributed by atoms with Gasteiger partial charge in [0, 0.05) is 7.26 Å².